The SMILES string of the molecule is C#CC1(O)C(C)=CC2(OCCO2)C2CC21C. The molecule has 1 aliphatic heterocycles. The van der Waals surface area contributed by atoms with E-state index in [9.17, 15) is 5.11 Å². The van der Waals surface area contributed by atoms with Crippen molar-refractivity contribution in [3.8, 4) is 12.3 Å². The Morgan fingerprint density at radius 3 is 2.69 bits per heavy atom. The molecule has 2 aliphatic carbocycles. The Balaban J connectivity index is 2.11. The average Bonchev–Trinajstić information content (AvgIpc) is 2.77. The highest BCUT2D eigenvalue weighted by Gasteiger charge is 2.74. The lowest BCUT2D eigenvalue weighted by atomic mass is 9.73. The Hall–Kier alpha value is -0.820. The molecule has 3 unspecified atom stereocenters. The number of hydrogen-bond acceptors (Lipinski definition) is 3. The summed E-state index contributed by atoms with van der Waals surface area (Å²) in [6.45, 7) is 5.10. The van der Waals surface area contributed by atoms with E-state index in [4.69, 9.17) is 15.9 Å². The Labute approximate surface area is 95.4 Å². The van der Waals surface area contributed by atoms with Gasteiger partial charge in [0.2, 0.25) is 0 Å². The summed E-state index contributed by atoms with van der Waals surface area (Å²) in [4.78, 5) is 0. The van der Waals surface area contributed by atoms with Gasteiger partial charge in [-0.15, -0.1) is 6.42 Å². The third-order valence-electron chi connectivity index (χ3n) is 4.49. The van der Waals surface area contributed by atoms with Crippen LogP contribution < -0.4 is 0 Å². The second kappa shape index (κ2) is 2.70. The molecule has 1 saturated heterocycles. The fourth-order valence-corrected chi connectivity index (χ4v) is 3.32. The number of rotatable bonds is 0. The molecule has 3 atom stereocenters. The van der Waals surface area contributed by atoms with E-state index >= 15 is 0 Å². The third-order valence-corrected chi connectivity index (χ3v) is 4.49. The maximum atomic E-state index is 10.5. The molecule has 0 amide bonds. The quantitative estimate of drug-likeness (QED) is 0.490. The van der Waals surface area contributed by atoms with Crippen molar-refractivity contribution in [1.82, 2.24) is 0 Å². The van der Waals surface area contributed by atoms with Crippen LogP contribution in [0.25, 0.3) is 0 Å². The summed E-state index contributed by atoms with van der Waals surface area (Å²) in [5.41, 5.74) is -0.670. The molecule has 0 aromatic heterocycles. The molecule has 0 bridgehead atoms. The second-order valence-corrected chi connectivity index (χ2v) is 5.27. The highest BCUT2D eigenvalue weighted by Crippen LogP contribution is 2.69. The van der Waals surface area contributed by atoms with Crippen LogP contribution in [0.2, 0.25) is 0 Å². The molecule has 2 fully saturated rings. The van der Waals surface area contributed by atoms with Crippen molar-refractivity contribution in [3.63, 3.8) is 0 Å². The minimum absolute atomic E-state index is 0.173. The molecule has 3 aliphatic rings. The van der Waals surface area contributed by atoms with Gasteiger partial charge in [0.05, 0.1) is 13.2 Å². The van der Waals surface area contributed by atoms with Crippen molar-refractivity contribution in [2.24, 2.45) is 11.3 Å². The highest BCUT2D eigenvalue weighted by atomic mass is 16.7. The topological polar surface area (TPSA) is 38.7 Å². The lowest BCUT2D eigenvalue weighted by Crippen LogP contribution is -2.48. The first kappa shape index (κ1) is 10.3. The number of fused-ring (bicyclic) bond motifs is 2. The van der Waals surface area contributed by atoms with Crippen LogP contribution >= 0.6 is 0 Å². The molecule has 3 nitrogen and oxygen atoms in total. The predicted octanol–water partition coefficient (Wildman–Crippen LogP) is 1.08. The van der Waals surface area contributed by atoms with Gasteiger partial charge in [0, 0.05) is 11.3 Å². The van der Waals surface area contributed by atoms with E-state index in [1.807, 2.05) is 19.9 Å². The zero-order chi connectivity index (χ0) is 11.6. The van der Waals surface area contributed by atoms with E-state index in [2.05, 4.69) is 5.92 Å². The molecular weight excluding hydrogens is 204 g/mol. The number of terminal acetylenes is 1. The van der Waals surface area contributed by atoms with Crippen LogP contribution in [0.4, 0.5) is 0 Å². The van der Waals surface area contributed by atoms with Gasteiger partial charge in [0.25, 0.3) is 0 Å². The molecule has 1 saturated carbocycles. The van der Waals surface area contributed by atoms with Gasteiger partial charge in [-0.25, -0.2) is 0 Å². The van der Waals surface area contributed by atoms with Crippen molar-refractivity contribution in [2.75, 3.05) is 13.2 Å². The van der Waals surface area contributed by atoms with Gasteiger partial charge in [-0.2, -0.15) is 0 Å². The largest absolute Gasteiger partial charge is 0.373 e. The molecule has 3 rings (SSSR count). The average molecular weight is 220 g/mol. The maximum absolute atomic E-state index is 10.5. The van der Waals surface area contributed by atoms with Crippen molar-refractivity contribution < 1.29 is 14.6 Å². The molecule has 86 valence electrons. The van der Waals surface area contributed by atoms with Gasteiger partial charge in [0.1, 0.15) is 0 Å². The summed E-state index contributed by atoms with van der Waals surface area (Å²) in [5, 5.41) is 10.5. The Morgan fingerprint density at radius 2 is 2.12 bits per heavy atom. The lowest BCUT2D eigenvalue weighted by Gasteiger charge is -2.40. The van der Waals surface area contributed by atoms with Crippen LogP contribution in [0.1, 0.15) is 20.3 Å². The fraction of sp³-hybridized carbons (Fsp3) is 0.692. The van der Waals surface area contributed by atoms with Crippen LogP contribution in [-0.4, -0.2) is 29.7 Å². The lowest BCUT2D eigenvalue weighted by molar-refractivity contribution is -0.156. The maximum Gasteiger partial charge on any atom is 0.191 e. The predicted molar refractivity (Wildman–Crippen MR) is 58.4 cm³/mol. The summed E-state index contributed by atoms with van der Waals surface area (Å²) in [5.74, 6) is 2.09. The van der Waals surface area contributed by atoms with Crippen molar-refractivity contribution in [1.29, 1.82) is 0 Å². The van der Waals surface area contributed by atoms with E-state index in [1.165, 1.54) is 0 Å². The molecule has 0 aromatic rings. The highest BCUT2D eigenvalue weighted by molar-refractivity contribution is 5.44. The first-order valence-corrected chi connectivity index (χ1v) is 5.66. The number of hydrogen-bond donors (Lipinski definition) is 1. The van der Waals surface area contributed by atoms with Crippen molar-refractivity contribution >= 4 is 0 Å². The van der Waals surface area contributed by atoms with E-state index in [0.29, 0.717) is 13.2 Å². The summed E-state index contributed by atoms with van der Waals surface area (Å²) in [6, 6.07) is 0. The molecule has 16 heavy (non-hydrogen) atoms. The van der Waals surface area contributed by atoms with E-state index in [1.54, 1.807) is 0 Å². The van der Waals surface area contributed by atoms with E-state index in [-0.39, 0.29) is 11.3 Å². The first-order chi connectivity index (χ1) is 7.48. The fourth-order valence-electron chi connectivity index (χ4n) is 3.32. The van der Waals surface area contributed by atoms with Gasteiger partial charge in [-0.05, 0) is 25.0 Å². The molecule has 0 aromatic carbocycles. The minimum atomic E-state index is -1.14. The Morgan fingerprint density at radius 1 is 1.50 bits per heavy atom. The van der Waals surface area contributed by atoms with Gasteiger partial charge < -0.3 is 14.6 Å². The zero-order valence-electron chi connectivity index (χ0n) is 9.62. The normalized spacial score (nSPS) is 48.4. The summed E-state index contributed by atoms with van der Waals surface area (Å²) >= 11 is 0. The van der Waals surface area contributed by atoms with Crippen molar-refractivity contribution in [3.05, 3.63) is 11.6 Å². The van der Waals surface area contributed by atoms with Crippen LogP contribution in [0.3, 0.4) is 0 Å². The van der Waals surface area contributed by atoms with Crippen molar-refractivity contribution in [2.45, 2.75) is 31.7 Å². The van der Waals surface area contributed by atoms with E-state index in [0.717, 1.165) is 12.0 Å². The molecule has 0 radical (unpaired) electrons. The standard InChI is InChI=1S/C13H16O3/c1-4-12(14)9(2)7-13(15-5-6-16-13)10-8-11(10,12)3/h1,7,10,14H,5-6,8H2,2-3H3. The summed E-state index contributed by atoms with van der Waals surface area (Å²) in [7, 11) is 0. The zero-order valence-corrected chi connectivity index (χ0v) is 9.62. The van der Waals surface area contributed by atoms with Gasteiger partial charge in [-0.1, -0.05) is 12.8 Å². The molecular formula is C13H16O3. The Bertz CT molecular complexity index is 413. The minimum Gasteiger partial charge on any atom is -0.373 e. The molecule has 1 N–H and O–H groups in total. The van der Waals surface area contributed by atoms with E-state index < -0.39 is 11.4 Å². The Kier molecular flexibility index (Phi) is 1.75. The van der Waals surface area contributed by atoms with Gasteiger partial charge in [-0.3, -0.25) is 0 Å². The summed E-state index contributed by atoms with van der Waals surface area (Å²) < 4.78 is 11.5. The molecule has 1 heterocycles. The summed E-state index contributed by atoms with van der Waals surface area (Å²) in [6.07, 6.45) is 8.22. The number of aliphatic hydroxyl groups is 1. The smallest absolute Gasteiger partial charge is 0.191 e. The third kappa shape index (κ3) is 0.917. The van der Waals surface area contributed by atoms with Crippen LogP contribution in [0.15, 0.2) is 11.6 Å². The van der Waals surface area contributed by atoms with Gasteiger partial charge >= 0.3 is 0 Å². The molecule has 1 spiro atoms. The monoisotopic (exact) mass is 220 g/mol. The molecule has 3 heteroatoms. The second-order valence-electron chi connectivity index (χ2n) is 5.27. The first-order valence-electron chi connectivity index (χ1n) is 5.66. The van der Waals surface area contributed by atoms with Crippen LogP contribution in [-0.2, 0) is 9.47 Å². The van der Waals surface area contributed by atoms with Crippen LogP contribution in [0, 0.1) is 23.7 Å². The van der Waals surface area contributed by atoms with Gasteiger partial charge in [0.15, 0.2) is 11.4 Å². The number of ether oxygens (including phenoxy) is 2. The van der Waals surface area contributed by atoms with Crippen LogP contribution in [0.5, 0.6) is 0 Å².